The van der Waals surface area contributed by atoms with Gasteiger partial charge in [0.25, 0.3) is 0 Å². The van der Waals surface area contributed by atoms with Crippen LogP contribution in [0.25, 0.3) is 0 Å². The Hall–Kier alpha value is -3.53. The van der Waals surface area contributed by atoms with E-state index in [2.05, 4.69) is 0 Å². The highest BCUT2D eigenvalue weighted by molar-refractivity contribution is 5.91. The lowest BCUT2D eigenvalue weighted by Gasteiger charge is -2.41. The lowest BCUT2D eigenvalue weighted by molar-refractivity contribution is -0.327. The second-order valence-electron chi connectivity index (χ2n) is 8.74. The smallest absolute Gasteiger partial charge is 0.337 e. The van der Waals surface area contributed by atoms with Crippen molar-refractivity contribution in [2.24, 2.45) is 5.92 Å². The van der Waals surface area contributed by atoms with Crippen LogP contribution >= 0.6 is 0 Å². The molecule has 214 valence electrons. The van der Waals surface area contributed by atoms with Crippen molar-refractivity contribution in [3.05, 3.63) is 53.3 Å². The predicted octanol–water partition coefficient (Wildman–Crippen LogP) is -1.28. The van der Waals surface area contributed by atoms with Crippen molar-refractivity contribution in [3.8, 4) is 5.75 Å². The fourth-order valence-electron chi connectivity index (χ4n) is 4.04. The molecular formula is C25H30O14. The van der Waals surface area contributed by atoms with Crippen LogP contribution in [0.15, 0.2) is 47.7 Å². The van der Waals surface area contributed by atoms with Crippen LogP contribution in [0.3, 0.4) is 0 Å². The summed E-state index contributed by atoms with van der Waals surface area (Å²) in [6, 6.07) is 6.21. The first-order valence-corrected chi connectivity index (χ1v) is 11.8. The van der Waals surface area contributed by atoms with E-state index in [1.54, 1.807) is 12.1 Å². The third kappa shape index (κ3) is 7.53. The number of hydrogen-bond acceptors (Lipinski definition) is 13. The molecule has 1 aromatic carbocycles. The average Bonchev–Trinajstić information content (AvgIpc) is 2.91. The molecule has 2 aliphatic heterocycles. The Kier molecular flexibility index (Phi) is 10.4. The minimum absolute atomic E-state index is 0.0714. The van der Waals surface area contributed by atoms with Crippen LogP contribution in [0.1, 0.15) is 12.0 Å². The molecule has 2 heterocycles. The SMILES string of the molecule is COC(=O)C1=CO[C@@H](O[C@@H]2O[C@H](CO)[C@@H](O)[C@H](O)[C@H]2O)/C(=C/C(=O)OCCc2ccc(O)cc2)[C@@H]1CC(=O)O. The van der Waals surface area contributed by atoms with Gasteiger partial charge in [-0.3, -0.25) is 4.79 Å². The van der Waals surface area contributed by atoms with Gasteiger partial charge in [0.15, 0.2) is 6.29 Å². The fourth-order valence-corrected chi connectivity index (χ4v) is 4.04. The number of phenolic OH excluding ortho intramolecular Hbond substituents is 1. The fraction of sp³-hybridized carbons (Fsp3) is 0.480. The van der Waals surface area contributed by atoms with Gasteiger partial charge in [-0.05, 0) is 17.7 Å². The first-order valence-electron chi connectivity index (χ1n) is 11.8. The number of carbonyl (C=O) groups is 3. The molecule has 1 saturated heterocycles. The number of benzene rings is 1. The Labute approximate surface area is 222 Å². The van der Waals surface area contributed by atoms with E-state index < -0.39 is 73.8 Å². The van der Waals surface area contributed by atoms with Crippen LogP contribution < -0.4 is 0 Å². The average molecular weight is 555 g/mol. The monoisotopic (exact) mass is 554 g/mol. The van der Waals surface area contributed by atoms with Gasteiger partial charge in [0.05, 0.1) is 38.6 Å². The summed E-state index contributed by atoms with van der Waals surface area (Å²) in [7, 11) is 1.07. The molecule has 0 unspecified atom stereocenters. The number of aliphatic hydroxyl groups is 4. The number of esters is 2. The Balaban J connectivity index is 1.86. The van der Waals surface area contributed by atoms with Gasteiger partial charge >= 0.3 is 17.9 Å². The van der Waals surface area contributed by atoms with E-state index in [0.717, 1.165) is 25.0 Å². The summed E-state index contributed by atoms with van der Waals surface area (Å²) in [5, 5.41) is 58.7. The number of rotatable bonds is 10. The summed E-state index contributed by atoms with van der Waals surface area (Å²) in [6.45, 7) is -0.823. The van der Waals surface area contributed by atoms with Gasteiger partial charge in [-0.2, -0.15) is 0 Å². The zero-order chi connectivity index (χ0) is 28.7. The lowest BCUT2D eigenvalue weighted by Crippen LogP contribution is -2.60. The molecule has 0 bridgehead atoms. The summed E-state index contributed by atoms with van der Waals surface area (Å²) in [5.74, 6) is -4.42. The number of phenols is 1. The molecule has 14 heteroatoms. The molecular weight excluding hydrogens is 524 g/mol. The Bertz CT molecular complexity index is 1080. The molecule has 1 fully saturated rings. The van der Waals surface area contributed by atoms with E-state index in [1.807, 2.05) is 0 Å². The third-order valence-corrected chi connectivity index (χ3v) is 6.13. The van der Waals surface area contributed by atoms with Crippen LogP contribution in [-0.2, 0) is 44.5 Å². The van der Waals surface area contributed by atoms with Crippen molar-refractivity contribution in [1.82, 2.24) is 0 Å². The number of hydrogen-bond donors (Lipinski definition) is 6. The number of carboxylic acids is 1. The normalized spacial score (nSPS) is 29.7. The van der Waals surface area contributed by atoms with E-state index in [4.69, 9.17) is 23.7 Å². The number of carboxylic acid groups (broad SMARTS) is 1. The highest BCUT2D eigenvalue weighted by Gasteiger charge is 2.47. The molecule has 0 radical (unpaired) electrons. The second kappa shape index (κ2) is 13.5. The van der Waals surface area contributed by atoms with Crippen molar-refractivity contribution < 1.29 is 68.7 Å². The first-order chi connectivity index (χ1) is 18.5. The first kappa shape index (κ1) is 30.0. The van der Waals surface area contributed by atoms with E-state index >= 15 is 0 Å². The van der Waals surface area contributed by atoms with Gasteiger partial charge in [0.2, 0.25) is 6.29 Å². The van der Waals surface area contributed by atoms with Gasteiger partial charge in [0.1, 0.15) is 30.2 Å². The number of methoxy groups -OCH3 is 1. The van der Waals surface area contributed by atoms with Gasteiger partial charge in [-0.1, -0.05) is 12.1 Å². The maximum absolute atomic E-state index is 12.7. The summed E-state index contributed by atoms with van der Waals surface area (Å²) in [4.78, 5) is 36.7. The van der Waals surface area contributed by atoms with Crippen molar-refractivity contribution in [1.29, 1.82) is 0 Å². The molecule has 0 aromatic heterocycles. The number of aliphatic hydroxyl groups excluding tert-OH is 4. The van der Waals surface area contributed by atoms with Crippen molar-refractivity contribution in [2.45, 2.75) is 49.8 Å². The molecule has 39 heavy (non-hydrogen) atoms. The van der Waals surface area contributed by atoms with Crippen molar-refractivity contribution in [2.75, 3.05) is 20.3 Å². The predicted molar refractivity (Wildman–Crippen MR) is 126 cm³/mol. The van der Waals surface area contributed by atoms with Crippen LogP contribution in [0.4, 0.5) is 0 Å². The molecule has 6 N–H and O–H groups in total. The molecule has 1 aromatic rings. The van der Waals surface area contributed by atoms with Crippen LogP contribution in [0.5, 0.6) is 5.75 Å². The summed E-state index contributed by atoms with van der Waals surface area (Å²) in [6.07, 6.45) is -8.52. The molecule has 0 amide bonds. The number of carbonyl (C=O) groups excluding carboxylic acids is 2. The molecule has 7 atom stereocenters. The quantitative estimate of drug-likeness (QED) is 0.147. The van der Waals surface area contributed by atoms with Gasteiger partial charge in [-0.25, -0.2) is 9.59 Å². The van der Waals surface area contributed by atoms with Crippen LogP contribution in [0.2, 0.25) is 0 Å². The van der Waals surface area contributed by atoms with Crippen LogP contribution in [0, 0.1) is 5.92 Å². The van der Waals surface area contributed by atoms with E-state index in [-0.39, 0.29) is 23.5 Å². The number of aliphatic carboxylic acids is 1. The second-order valence-corrected chi connectivity index (χ2v) is 8.74. The van der Waals surface area contributed by atoms with Crippen molar-refractivity contribution >= 4 is 17.9 Å². The van der Waals surface area contributed by atoms with Gasteiger partial charge in [0, 0.05) is 24.0 Å². The molecule has 14 nitrogen and oxygen atoms in total. The zero-order valence-corrected chi connectivity index (χ0v) is 20.8. The van der Waals surface area contributed by atoms with Crippen molar-refractivity contribution in [3.63, 3.8) is 0 Å². The Morgan fingerprint density at radius 2 is 1.74 bits per heavy atom. The molecule has 2 aliphatic rings. The Morgan fingerprint density at radius 1 is 1.05 bits per heavy atom. The third-order valence-electron chi connectivity index (χ3n) is 6.13. The lowest BCUT2D eigenvalue weighted by atomic mass is 9.86. The summed E-state index contributed by atoms with van der Waals surface area (Å²) >= 11 is 0. The maximum atomic E-state index is 12.7. The van der Waals surface area contributed by atoms with Crippen LogP contribution in [-0.4, -0.2) is 106 Å². The highest BCUT2D eigenvalue weighted by Crippen LogP contribution is 2.36. The molecule has 0 spiro atoms. The number of ether oxygens (including phenoxy) is 5. The summed E-state index contributed by atoms with van der Waals surface area (Å²) < 4.78 is 26.3. The number of aromatic hydroxyl groups is 1. The van der Waals surface area contributed by atoms with E-state index in [1.165, 1.54) is 12.1 Å². The minimum atomic E-state index is -1.83. The zero-order valence-electron chi connectivity index (χ0n) is 20.8. The molecule has 0 aliphatic carbocycles. The van der Waals surface area contributed by atoms with E-state index in [0.29, 0.717) is 6.42 Å². The van der Waals surface area contributed by atoms with Gasteiger partial charge in [-0.15, -0.1) is 0 Å². The minimum Gasteiger partial charge on any atom is -0.508 e. The highest BCUT2D eigenvalue weighted by atomic mass is 16.8. The summed E-state index contributed by atoms with van der Waals surface area (Å²) in [5.41, 5.74) is 0.335. The topological polar surface area (TPSA) is 219 Å². The standard InChI is InChI=1S/C25H30O14/c1-35-23(34)16-11-37-24(39-25-22(33)21(32)20(31)17(10-26)38-25)15(14(16)8-18(28)29)9-19(30)36-7-6-12-2-4-13(27)5-3-12/h2-5,9,11,14,17,20-22,24-27,31-33H,6-8,10H2,1H3,(H,28,29)/b15-9+/t14-,17+,20+,21-,22+,24-,25-/m0/s1. The van der Waals surface area contributed by atoms with E-state index in [9.17, 15) is 45.0 Å². The Morgan fingerprint density at radius 3 is 2.36 bits per heavy atom. The maximum Gasteiger partial charge on any atom is 0.337 e. The van der Waals surface area contributed by atoms with Gasteiger partial charge < -0.3 is 54.3 Å². The largest absolute Gasteiger partial charge is 0.508 e. The molecule has 0 saturated carbocycles. The molecule has 3 rings (SSSR count).